The number of benzene rings is 2. The monoisotopic (exact) mass is 445 g/mol. The first-order valence-electron chi connectivity index (χ1n) is 10.2. The molecule has 2 amide bonds. The summed E-state index contributed by atoms with van der Waals surface area (Å²) in [4.78, 5) is 27.4. The summed E-state index contributed by atoms with van der Waals surface area (Å²) in [5.41, 5.74) is 3.21. The first-order chi connectivity index (χ1) is 14.6. The molecule has 2 rings (SSSR count). The third kappa shape index (κ3) is 6.55. The first kappa shape index (κ1) is 24.4. The Morgan fingerprint density at radius 1 is 1.03 bits per heavy atom. The van der Waals surface area contributed by atoms with Gasteiger partial charge in [0, 0.05) is 13.6 Å². The number of nitrogens with zero attached hydrogens (tertiary/aromatic N) is 2. The number of amides is 2. The number of rotatable bonds is 9. The summed E-state index contributed by atoms with van der Waals surface area (Å²) < 4.78 is 26.1. The third-order valence-electron chi connectivity index (χ3n) is 5.04. The van der Waals surface area contributed by atoms with E-state index >= 15 is 0 Å². The van der Waals surface area contributed by atoms with Crippen molar-refractivity contribution in [2.24, 2.45) is 0 Å². The van der Waals surface area contributed by atoms with Crippen LogP contribution in [-0.2, 0) is 26.2 Å². The lowest BCUT2D eigenvalue weighted by Crippen LogP contribution is -2.51. The van der Waals surface area contributed by atoms with E-state index in [4.69, 9.17) is 0 Å². The molecule has 0 aliphatic rings. The molecule has 0 bridgehead atoms. The average Bonchev–Trinajstić information content (AvgIpc) is 2.70. The molecule has 0 saturated carbocycles. The second-order valence-corrected chi connectivity index (χ2v) is 9.56. The molecule has 0 saturated heterocycles. The van der Waals surface area contributed by atoms with Crippen LogP contribution in [0.25, 0.3) is 0 Å². The summed E-state index contributed by atoms with van der Waals surface area (Å²) in [5, 5.41) is 2.61. The second-order valence-electron chi connectivity index (χ2n) is 7.66. The van der Waals surface area contributed by atoms with Gasteiger partial charge in [0.05, 0.1) is 11.9 Å². The van der Waals surface area contributed by atoms with Crippen molar-refractivity contribution in [1.82, 2.24) is 10.2 Å². The van der Waals surface area contributed by atoms with E-state index in [-0.39, 0.29) is 19.0 Å². The number of nitrogens with one attached hydrogen (secondary N) is 1. The van der Waals surface area contributed by atoms with Gasteiger partial charge in [0.15, 0.2) is 0 Å². The molecular formula is C23H31N3O4S. The summed E-state index contributed by atoms with van der Waals surface area (Å²) in [6, 6.07) is 13.9. The van der Waals surface area contributed by atoms with Crippen molar-refractivity contribution >= 4 is 27.5 Å². The Balaban J connectivity index is 2.43. The largest absolute Gasteiger partial charge is 0.357 e. The third-order valence-corrected chi connectivity index (χ3v) is 6.18. The number of hydrogen-bond acceptors (Lipinski definition) is 4. The Bertz CT molecular complexity index is 1040. The molecule has 0 radical (unpaired) electrons. The van der Waals surface area contributed by atoms with Crippen molar-refractivity contribution in [3.8, 4) is 0 Å². The highest BCUT2D eigenvalue weighted by Gasteiger charge is 2.31. The van der Waals surface area contributed by atoms with Crippen LogP contribution in [0.1, 0.15) is 30.0 Å². The zero-order valence-corrected chi connectivity index (χ0v) is 19.6. The number of carbonyl (C=O) groups is 2. The summed E-state index contributed by atoms with van der Waals surface area (Å²) in [6.45, 7) is 5.45. The Labute approximate surface area is 185 Å². The van der Waals surface area contributed by atoms with E-state index in [1.165, 1.54) is 11.9 Å². The minimum atomic E-state index is -3.72. The fraction of sp³-hybridized carbons (Fsp3) is 0.391. The van der Waals surface area contributed by atoms with Crippen molar-refractivity contribution in [3.05, 3.63) is 65.2 Å². The smallest absolute Gasteiger partial charge is 0.244 e. The maximum atomic E-state index is 13.4. The van der Waals surface area contributed by atoms with Gasteiger partial charge in [0.25, 0.3) is 0 Å². The standard InChI is InChI=1S/C23H31N3O4S/c1-6-21(23(28)24-4)25(15-19-11-7-9-17(2)13-19)22(27)16-26(31(5,29)30)20-12-8-10-18(3)14-20/h7-14,21H,6,15-16H2,1-5H3,(H,24,28)/t21-/m0/s1. The van der Waals surface area contributed by atoms with Crippen LogP contribution < -0.4 is 9.62 Å². The fourth-order valence-corrected chi connectivity index (χ4v) is 4.33. The van der Waals surface area contributed by atoms with Crippen LogP contribution in [0.2, 0.25) is 0 Å². The summed E-state index contributed by atoms with van der Waals surface area (Å²) in [6.07, 6.45) is 1.48. The Morgan fingerprint density at radius 3 is 2.16 bits per heavy atom. The molecule has 8 heteroatoms. The number of sulfonamides is 1. The van der Waals surface area contributed by atoms with E-state index in [1.54, 1.807) is 18.2 Å². The predicted molar refractivity (Wildman–Crippen MR) is 123 cm³/mol. The normalized spacial score (nSPS) is 12.2. The summed E-state index contributed by atoms with van der Waals surface area (Å²) in [7, 11) is -2.19. The lowest BCUT2D eigenvalue weighted by Gasteiger charge is -2.32. The molecule has 2 aromatic carbocycles. The number of aryl methyl sites for hydroxylation is 2. The van der Waals surface area contributed by atoms with E-state index < -0.39 is 22.0 Å². The molecule has 168 valence electrons. The molecule has 0 aliphatic heterocycles. The van der Waals surface area contributed by atoms with Crippen LogP contribution in [0.3, 0.4) is 0 Å². The average molecular weight is 446 g/mol. The first-order valence-corrected chi connectivity index (χ1v) is 12.0. The number of hydrogen-bond donors (Lipinski definition) is 1. The minimum Gasteiger partial charge on any atom is -0.357 e. The Hall–Kier alpha value is -2.87. The van der Waals surface area contributed by atoms with Crippen LogP contribution in [0, 0.1) is 13.8 Å². The molecule has 1 atom stereocenters. The molecule has 0 unspecified atom stereocenters. The topological polar surface area (TPSA) is 86.8 Å². The van der Waals surface area contributed by atoms with Crippen molar-refractivity contribution in [2.45, 2.75) is 39.8 Å². The van der Waals surface area contributed by atoms with E-state index in [9.17, 15) is 18.0 Å². The molecular weight excluding hydrogens is 414 g/mol. The van der Waals surface area contributed by atoms with Gasteiger partial charge in [0.1, 0.15) is 12.6 Å². The van der Waals surface area contributed by atoms with Crippen LogP contribution in [0.15, 0.2) is 48.5 Å². The van der Waals surface area contributed by atoms with Gasteiger partial charge >= 0.3 is 0 Å². The van der Waals surface area contributed by atoms with Crippen LogP contribution >= 0.6 is 0 Å². The Morgan fingerprint density at radius 2 is 1.65 bits per heavy atom. The van der Waals surface area contributed by atoms with Crippen molar-refractivity contribution in [2.75, 3.05) is 24.2 Å². The highest BCUT2D eigenvalue weighted by atomic mass is 32.2. The molecule has 0 aliphatic carbocycles. The fourth-order valence-electron chi connectivity index (χ4n) is 3.49. The van der Waals surface area contributed by atoms with Crippen molar-refractivity contribution in [3.63, 3.8) is 0 Å². The quantitative estimate of drug-likeness (QED) is 0.643. The molecule has 7 nitrogen and oxygen atoms in total. The lowest BCUT2D eigenvalue weighted by atomic mass is 10.1. The van der Waals surface area contributed by atoms with Crippen LogP contribution in [0.5, 0.6) is 0 Å². The van der Waals surface area contributed by atoms with Gasteiger partial charge in [-0.05, 0) is 43.5 Å². The minimum absolute atomic E-state index is 0.206. The highest BCUT2D eigenvalue weighted by molar-refractivity contribution is 7.92. The van der Waals surface area contributed by atoms with Gasteiger partial charge in [-0.2, -0.15) is 0 Å². The van der Waals surface area contributed by atoms with Crippen molar-refractivity contribution < 1.29 is 18.0 Å². The van der Waals surface area contributed by atoms with Gasteiger partial charge in [-0.3, -0.25) is 13.9 Å². The molecule has 0 spiro atoms. The highest BCUT2D eigenvalue weighted by Crippen LogP contribution is 2.21. The van der Waals surface area contributed by atoms with Gasteiger partial charge in [-0.1, -0.05) is 48.9 Å². The Kier molecular flexibility index (Phi) is 8.21. The van der Waals surface area contributed by atoms with E-state index in [1.807, 2.05) is 51.1 Å². The van der Waals surface area contributed by atoms with E-state index in [0.717, 1.165) is 27.3 Å². The summed E-state index contributed by atoms with van der Waals surface area (Å²) >= 11 is 0. The molecule has 2 aromatic rings. The van der Waals surface area contributed by atoms with Gasteiger partial charge in [0.2, 0.25) is 21.8 Å². The van der Waals surface area contributed by atoms with Gasteiger partial charge < -0.3 is 10.2 Å². The van der Waals surface area contributed by atoms with Crippen LogP contribution in [-0.4, -0.2) is 51.0 Å². The SMILES string of the molecule is CC[C@@H](C(=O)NC)N(Cc1cccc(C)c1)C(=O)CN(c1cccc(C)c1)S(C)(=O)=O. The number of likely N-dealkylation sites (N-methyl/N-ethyl adjacent to an activating group) is 1. The zero-order chi connectivity index (χ0) is 23.2. The van der Waals surface area contributed by atoms with Gasteiger partial charge in [-0.25, -0.2) is 8.42 Å². The molecule has 0 heterocycles. The molecule has 31 heavy (non-hydrogen) atoms. The zero-order valence-electron chi connectivity index (χ0n) is 18.8. The van der Waals surface area contributed by atoms with Crippen molar-refractivity contribution in [1.29, 1.82) is 0 Å². The number of carbonyl (C=O) groups excluding carboxylic acids is 2. The van der Waals surface area contributed by atoms with Crippen LogP contribution in [0.4, 0.5) is 5.69 Å². The molecule has 1 N–H and O–H groups in total. The molecule has 0 fully saturated rings. The maximum Gasteiger partial charge on any atom is 0.244 e. The molecule has 0 aromatic heterocycles. The maximum absolute atomic E-state index is 13.4. The number of anilines is 1. The van der Waals surface area contributed by atoms with E-state index in [0.29, 0.717) is 12.1 Å². The summed E-state index contributed by atoms with van der Waals surface area (Å²) in [5.74, 6) is -0.728. The second kappa shape index (κ2) is 10.4. The predicted octanol–water partition coefficient (Wildman–Crippen LogP) is 2.62. The van der Waals surface area contributed by atoms with E-state index in [2.05, 4.69) is 5.32 Å². The van der Waals surface area contributed by atoms with Gasteiger partial charge in [-0.15, -0.1) is 0 Å². The lowest BCUT2D eigenvalue weighted by molar-refractivity contribution is -0.140.